The van der Waals surface area contributed by atoms with Crippen LogP contribution in [0.25, 0.3) is 0 Å². The molecule has 74 valence electrons. The van der Waals surface area contributed by atoms with E-state index in [0.717, 1.165) is 0 Å². The minimum absolute atomic E-state index is 0.137. The molecule has 0 amide bonds. The summed E-state index contributed by atoms with van der Waals surface area (Å²) in [5.74, 6) is 0.393. The molecule has 1 N–H and O–H groups in total. The molecule has 4 nitrogen and oxygen atoms in total. The van der Waals surface area contributed by atoms with E-state index in [2.05, 4.69) is 15.5 Å². The van der Waals surface area contributed by atoms with Crippen molar-refractivity contribution < 1.29 is 8.78 Å². The fourth-order valence-corrected chi connectivity index (χ4v) is 0.796. The smallest absolute Gasteiger partial charge is 0.240 e. The molecule has 0 atom stereocenters. The van der Waals surface area contributed by atoms with Crippen LogP contribution in [0.5, 0.6) is 0 Å². The first kappa shape index (κ1) is 10.3. The summed E-state index contributed by atoms with van der Waals surface area (Å²) in [6.07, 6.45) is -2.56. The molecule has 0 unspecified atom stereocenters. The number of aromatic nitrogens is 2. The summed E-state index contributed by atoms with van der Waals surface area (Å²) in [4.78, 5) is 0. The van der Waals surface area contributed by atoms with Gasteiger partial charge in [-0.15, -0.1) is 10.2 Å². The van der Waals surface area contributed by atoms with Crippen molar-refractivity contribution in [2.24, 2.45) is 0 Å². The van der Waals surface area contributed by atoms with E-state index in [1.807, 2.05) is 6.07 Å². The van der Waals surface area contributed by atoms with Crippen molar-refractivity contribution in [2.75, 3.05) is 11.9 Å². The summed E-state index contributed by atoms with van der Waals surface area (Å²) in [6.45, 7) is 0.137. The van der Waals surface area contributed by atoms with Gasteiger partial charge in [0, 0.05) is 13.0 Å². The number of halogens is 2. The first-order valence-corrected chi connectivity index (χ1v) is 3.98. The Hall–Kier alpha value is -1.77. The van der Waals surface area contributed by atoms with Crippen LogP contribution < -0.4 is 5.32 Å². The third-order valence-corrected chi connectivity index (χ3v) is 1.45. The Morgan fingerprint density at radius 3 is 2.71 bits per heavy atom. The molecule has 1 rings (SSSR count). The van der Waals surface area contributed by atoms with Gasteiger partial charge in [0.05, 0.1) is 0 Å². The first-order valence-electron chi connectivity index (χ1n) is 3.98. The Bertz CT molecular complexity index is 317. The zero-order valence-corrected chi connectivity index (χ0v) is 7.24. The van der Waals surface area contributed by atoms with E-state index < -0.39 is 6.43 Å². The molecule has 0 bridgehead atoms. The van der Waals surface area contributed by atoms with Crippen LogP contribution in [0.3, 0.4) is 0 Å². The number of hydrogen-bond donors (Lipinski definition) is 1. The quantitative estimate of drug-likeness (QED) is 0.794. The summed E-state index contributed by atoms with van der Waals surface area (Å²) >= 11 is 0. The van der Waals surface area contributed by atoms with Gasteiger partial charge in [-0.1, -0.05) is 0 Å². The molecule has 14 heavy (non-hydrogen) atoms. The zero-order valence-electron chi connectivity index (χ0n) is 7.24. The van der Waals surface area contributed by atoms with Crippen molar-refractivity contribution in [3.05, 3.63) is 17.8 Å². The highest BCUT2D eigenvalue weighted by molar-refractivity contribution is 5.34. The third-order valence-electron chi connectivity index (χ3n) is 1.45. The number of hydrogen-bond acceptors (Lipinski definition) is 4. The van der Waals surface area contributed by atoms with Crippen LogP contribution in [0.4, 0.5) is 14.6 Å². The highest BCUT2D eigenvalue weighted by atomic mass is 19.3. The third kappa shape index (κ3) is 3.31. The van der Waals surface area contributed by atoms with Gasteiger partial charge in [-0.3, -0.25) is 0 Å². The van der Waals surface area contributed by atoms with Gasteiger partial charge in [-0.2, -0.15) is 5.26 Å². The summed E-state index contributed by atoms with van der Waals surface area (Å²) in [6, 6.07) is 4.80. The van der Waals surface area contributed by atoms with E-state index in [9.17, 15) is 8.78 Å². The maximum absolute atomic E-state index is 11.7. The molecular formula is C8H8F2N4. The summed E-state index contributed by atoms with van der Waals surface area (Å²) < 4.78 is 23.5. The average molecular weight is 198 g/mol. The van der Waals surface area contributed by atoms with Crippen LogP contribution in [0.1, 0.15) is 12.1 Å². The number of nitrogens with zero attached hydrogens (tertiary/aromatic N) is 3. The van der Waals surface area contributed by atoms with Gasteiger partial charge in [0.15, 0.2) is 5.69 Å². The second kappa shape index (κ2) is 5.07. The second-order valence-electron chi connectivity index (χ2n) is 2.52. The Balaban J connectivity index is 2.41. The fourth-order valence-electron chi connectivity index (χ4n) is 0.796. The predicted molar refractivity (Wildman–Crippen MR) is 45.9 cm³/mol. The molecule has 0 aliphatic heterocycles. The topological polar surface area (TPSA) is 61.6 Å². The molecule has 0 aliphatic carbocycles. The van der Waals surface area contributed by atoms with Crippen LogP contribution in [-0.4, -0.2) is 23.2 Å². The molecule has 0 aromatic carbocycles. The number of anilines is 1. The fraction of sp³-hybridized carbons (Fsp3) is 0.375. The van der Waals surface area contributed by atoms with Crippen LogP contribution in [0, 0.1) is 11.3 Å². The van der Waals surface area contributed by atoms with Crippen molar-refractivity contribution in [3.8, 4) is 6.07 Å². The van der Waals surface area contributed by atoms with Crippen LogP contribution in [0.2, 0.25) is 0 Å². The predicted octanol–water partition coefficient (Wildman–Crippen LogP) is 1.42. The van der Waals surface area contributed by atoms with Crippen LogP contribution >= 0.6 is 0 Å². The summed E-state index contributed by atoms with van der Waals surface area (Å²) in [7, 11) is 0. The molecule has 1 heterocycles. The van der Waals surface area contributed by atoms with E-state index in [1.54, 1.807) is 0 Å². The molecule has 0 saturated heterocycles. The molecule has 6 heteroatoms. The van der Waals surface area contributed by atoms with Gasteiger partial charge in [-0.25, -0.2) is 8.78 Å². The molecule has 0 radical (unpaired) electrons. The van der Waals surface area contributed by atoms with E-state index >= 15 is 0 Å². The molecule has 1 aromatic rings. The minimum atomic E-state index is -2.33. The minimum Gasteiger partial charge on any atom is -0.368 e. The maximum Gasteiger partial charge on any atom is 0.240 e. The summed E-state index contributed by atoms with van der Waals surface area (Å²) in [5, 5.41) is 18.2. The normalized spacial score (nSPS) is 9.86. The van der Waals surface area contributed by atoms with Gasteiger partial charge < -0.3 is 5.32 Å². The standard InChI is InChI=1S/C8H8F2N4/c9-7(10)3-4-12-8-2-1-6(5-11)13-14-8/h1-2,7H,3-4H2,(H,12,14). The highest BCUT2D eigenvalue weighted by Crippen LogP contribution is 2.03. The van der Waals surface area contributed by atoms with Crippen LogP contribution in [-0.2, 0) is 0 Å². The van der Waals surface area contributed by atoms with Crippen molar-refractivity contribution in [3.63, 3.8) is 0 Å². The Morgan fingerprint density at radius 1 is 1.43 bits per heavy atom. The number of rotatable bonds is 4. The van der Waals surface area contributed by atoms with E-state index in [1.165, 1.54) is 12.1 Å². The number of nitrogens with one attached hydrogen (secondary N) is 1. The SMILES string of the molecule is N#Cc1ccc(NCCC(F)F)nn1. The van der Waals surface area contributed by atoms with Gasteiger partial charge in [-0.05, 0) is 12.1 Å². The largest absolute Gasteiger partial charge is 0.368 e. The van der Waals surface area contributed by atoms with E-state index in [-0.39, 0.29) is 18.7 Å². The lowest BCUT2D eigenvalue weighted by molar-refractivity contribution is 0.142. The average Bonchev–Trinajstić information content (AvgIpc) is 2.18. The lowest BCUT2D eigenvalue weighted by Crippen LogP contribution is -2.07. The van der Waals surface area contributed by atoms with Gasteiger partial charge >= 0.3 is 0 Å². The van der Waals surface area contributed by atoms with Crippen molar-refractivity contribution in [1.82, 2.24) is 10.2 Å². The Morgan fingerprint density at radius 2 is 2.21 bits per heavy atom. The number of alkyl halides is 2. The molecular weight excluding hydrogens is 190 g/mol. The Labute approximate surface area is 79.6 Å². The molecule has 0 fully saturated rings. The van der Waals surface area contributed by atoms with Crippen molar-refractivity contribution >= 4 is 5.82 Å². The van der Waals surface area contributed by atoms with Gasteiger partial charge in [0.2, 0.25) is 6.43 Å². The van der Waals surface area contributed by atoms with E-state index in [0.29, 0.717) is 5.82 Å². The molecule has 1 aromatic heterocycles. The summed E-state index contributed by atoms with van der Waals surface area (Å²) in [5.41, 5.74) is 0.199. The van der Waals surface area contributed by atoms with Gasteiger partial charge in [0.25, 0.3) is 0 Å². The lowest BCUT2D eigenvalue weighted by atomic mass is 10.4. The molecule has 0 spiro atoms. The highest BCUT2D eigenvalue weighted by Gasteiger charge is 2.01. The zero-order chi connectivity index (χ0) is 10.4. The maximum atomic E-state index is 11.7. The van der Waals surface area contributed by atoms with Crippen LogP contribution in [0.15, 0.2) is 12.1 Å². The van der Waals surface area contributed by atoms with E-state index in [4.69, 9.17) is 5.26 Å². The Kier molecular flexibility index (Phi) is 3.73. The van der Waals surface area contributed by atoms with Gasteiger partial charge in [0.1, 0.15) is 11.9 Å². The van der Waals surface area contributed by atoms with Crippen molar-refractivity contribution in [1.29, 1.82) is 5.26 Å². The number of nitriles is 1. The first-order chi connectivity index (χ1) is 6.72. The lowest BCUT2D eigenvalue weighted by Gasteiger charge is -2.03. The molecule has 0 saturated carbocycles. The van der Waals surface area contributed by atoms with Crippen molar-refractivity contribution in [2.45, 2.75) is 12.8 Å². The monoisotopic (exact) mass is 198 g/mol. The molecule has 0 aliphatic rings. The second-order valence-corrected chi connectivity index (χ2v) is 2.52.